The van der Waals surface area contributed by atoms with Crippen LogP contribution in [0.5, 0.6) is 0 Å². The number of pyridine rings is 1. The molecule has 2 aromatic heterocycles. The van der Waals surface area contributed by atoms with Gasteiger partial charge in [0.1, 0.15) is 5.82 Å². The summed E-state index contributed by atoms with van der Waals surface area (Å²) >= 11 is 0. The van der Waals surface area contributed by atoms with E-state index in [9.17, 15) is 4.79 Å². The van der Waals surface area contributed by atoms with E-state index in [4.69, 9.17) is 5.10 Å². The van der Waals surface area contributed by atoms with Crippen molar-refractivity contribution in [3.8, 4) is 5.69 Å². The fourth-order valence-corrected chi connectivity index (χ4v) is 2.81. The third-order valence-corrected chi connectivity index (χ3v) is 4.77. The first-order valence-corrected chi connectivity index (χ1v) is 8.69. The van der Waals surface area contributed by atoms with Crippen LogP contribution >= 0.6 is 0 Å². The fraction of sp³-hybridized carbons (Fsp3) is 0.250. The Kier molecular flexibility index (Phi) is 3.95. The van der Waals surface area contributed by atoms with Crippen LogP contribution in [0.2, 0.25) is 0 Å². The minimum Gasteiger partial charge on any atom is -0.306 e. The molecule has 1 aliphatic carbocycles. The maximum absolute atomic E-state index is 12.4. The lowest BCUT2D eigenvalue weighted by Gasteiger charge is -2.10. The molecule has 132 valence electrons. The average Bonchev–Trinajstić information content (AvgIpc) is 3.24. The van der Waals surface area contributed by atoms with E-state index in [2.05, 4.69) is 22.5 Å². The first-order valence-electron chi connectivity index (χ1n) is 8.69. The van der Waals surface area contributed by atoms with Gasteiger partial charge in [0, 0.05) is 17.7 Å². The molecule has 6 nitrogen and oxygen atoms in total. The van der Waals surface area contributed by atoms with Crippen LogP contribution in [-0.4, -0.2) is 20.8 Å². The number of carbonyl (C=O) groups excluding carboxylic acids is 1. The molecule has 0 radical (unpaired) electrons. The molecule has 0 aliphatic heterocycles. The van der Waals surface area contributed by atoms with Crippen molar-refractivity contribution in [2.24, 2.45) is 0 Å². The zero-order chi connectivity index (χ0) is 18.1. The van der Waals surface area contributed by atoms with Crippen LogP contribution in [-0.2, 0) is 5.41 Å². The quantitative estimate of drug-likeness (QED) is 0.740. The molecule has 0 unspecified atom stereocenters. The van der Waals surface area contributed by atoms with Crippen molar-refractivity contribution in [3.63, 3.8) is 0 Å². The van der Waals surface area contributed by atoms with Gasteiger partial charge in [0.15, 0.2) is 0 Å². The smallest absolute Gasteiger partial charge is 0.306 e. The number of nitrogens with zero attached hydrogens (tertiary/aromatic N) is 3. The number of aryl methyl sites for hydroxylation is 1. The molecule has 1 aromatic carbocycles. The Bertz CT molecular complexity index is 927. The summed E-state index contributed by atoms with van der Waals surface area (Å²) in [4.78, 5) is 16.4. The van der Waals surface area contributed by atoms with Gasteiger partial charge in [0.05, 0.1) is 23.3 Å². The van der Waals surface area contributed by atoms with Gasteiger partial charge < -0.3 is 5.32 Å². The molecule has 1 aliphatic rings. The van der Waals surface area contributed by atoms with Crippen molar-refractivity contribution in [2.75, 3.05) is 10.6 Å². The van der Waals surface area contributed by atoms with Gasteiger partial charge in [0.2, 0.25) is 0 Å². The number of amides is 2. The Balaban J connectivity index is 1.62. The molecule has 2 amide bonds. The molecule has 2 heterocycles. The molecule has 0 bridgehead atoms. The maximum atomic E-state index is 12.4. The molecule has 1 fully saturated rings. The zero-order valence-corrected chi connectivity index (χ0v) is 14.9. The summed E-state index contributed by atoms with van der Waals surface area (Å²) in [6, 6.07) is 13.3. The van der Waals surface area contributed by atoms with Crippen molar-refractivity contribution in [1.82, 2.24) is 14.8 Å². The first kappa shape index (κ1) is 16.3. The summed E-state index contributed by atoms with van der Waals surface area (Å²) in [5, 5.41) is 10.5. The molecule has 6 heteroatoms. The second-order valence-electron chi connectivity index (χ2n) is 7.04. The van der Waals surface area contributed by atoms with Crippen LogP contribution in [0.4, 0.5) is 16.3 Å². The highest BCUT2D eigenvalue weighted by molar-refractivity contribution is 5.99. The summed E-state index contributed by atoms with van der Waals surface area (Å²) in [5.74, 6) is 0.651. The molecule has 2 N–H and O–H groups in total. The molecular formula is C20H21N5O. The van der Waals surface area contributed by atoms with Crippen molar-refractivity contribution >= 4 is 17.5 Å². The minimum absolute atomic E-state index is 0.117. The molecular weight excluding hydrogens is 326 g/mol. The highest BCUT2D eigenvalue weighted by Gasteiger charge is 2.42. The van der Waals surface area contributed by atoms with Crippen molar-refractivity contribution in [3.05, 3.63) is 66.1 Å². The topological polar surface area (TPSA) is 71.8 Å². The Labute approximate surface area is 152 Å². The van der Waals surface area contributed by atoms with Gasteiger partial charge in [-0.05, 0) is 44.0 Å². The highest BCUT2D eigenvalue weighted by Crippen LogP contribution is 2.47. The standard InChI is InChI=1S/C20H21N5O/c1-14-5-7-16(8-6-14)25-18(12-17(24-25)20(2)9-10-20)23-19(26)22-15-4-3-11-21-13-15/h3-8,11-13H,9-10H2,1-2H3,(H2,22,23,26). The van der Waals surface area contributed by atoms with Gasteiger partial charge in [-0.2, -0.15) is 5.10 Å². The summed E-state index contributed by atoms with van der Waals surface area (Å²) in [7, 11) is 0. The number of nitrogens with one attached hydrogen (secondary N) is 2. The van der Waals surface area contributed by atoms with E-state index in [0.29, 0.717) is 11.5 Å². The third kappa shape index (κ3) is 3.31. The number of anilines is 2. The number of benzene rings is 1. The lowest BCUT2D eigenvalue weighted by atomic mass is 10.1. The summed E-state index contributed by atoms with van der Waals surface area (Å²) in [6.07, 6.45) is 5.52. The van der Waals surface area contributed by atoms with E-state index in [-0.39, 0.29) is 11.4 Å². The molecule has 4 rings (SSSR count). The van der Waals surface area contributed by atoms with Gasteiger partial charge in [0.25, 0.3) is 0 Å². The van der Waals surface area contributed by atoms with Crippen LogP contribution in [0.15, 0.2) is 54.9 Å². The fourth-order valence-electron chi connectivity index (χ4n) is 2.81. The summed E-state index contributed by atoms with van der Waals surface area (Å²) in [6.45, 7) is 4.25. The van der Waals surface area contributed by atoms with Gasteiger partial charge in [-0.1, -0.05) is 24.6 Å². The highest BCUT2D eigenvalue weighted by atomic mass is 16.2. The number of hydrogen-bond acceptors (Lipinski definition) is 3. The van der Waals surface area contributed by atoms with E-state index in [1.807, 2.05) is 37.3 Å². The summed E-state index contributed by atoms with van der Waals surface area (Å²) < 4.78 is 1.79. The van der Waals surface area contributed by atoms with E-state index in [1.54, 1.807) is 29.2 Å². The average molecular weight is 347 g/mol. The zero-order valence-electron chi connectivity index (χ0n) is 14.9. The van der Waals surface area contributed by atoms with Gasteiger partial charge in [-0.25, -0.2) is 9.48 Å². The molecule has 1 saturated carbocycles. The number of carbonyl (C=O) groups is 1. The molecule has 0 saturated heterocycles. The Hall–Kier alpha value is -3.15. The largest absolute Gasteiger partial charge is 0.324 e. The van der Waals surface area contributed by atoms with Crippen molar-refractivity contribution < 1.29 is 4.79 Å². The lowest BCUT2D eigenvalue weighted by molar-refractivity contribution is 0.262. The number of rotatable bonds is 4. The van der Waals surface area contributed by atoms with Crippen LogP contribution in [0, 0.1) is 6.92 Å². The van der Waals surface area contributed by atoms with E-state index < -0.39 is 0 Å². The Morgan fingerprint density at radius 3 is 2.58 bits per heavy atom. The Morgan fingerprint density at radius 2 is 1.92 bits per heavy atom. The van der Waals surface area contributed by atoms with Gasteiger partial charge in [-0.3, -0.25) is 10.3 Å². The molecule has 0 spiro atoms. The number of hydrogen-bond donors (Lipinski definition) is 2. The number of aromatic nitrogens is 3. The summed E-state index contributed by atoms with van der Waals surface area (Å²) in [5.41, 5.74) is 3.86. The van der Waals surface area contributed by atoms with E-state index in [0.717, 1.165) is 24.2 Å². The van der Waals surface area contributed by atoms with Gasteiger partial charge >= 0.3 is 6.03 Å². The lowest BCUT2D eigenvalue weighted by Crippen LogP contribution is -2.21. The first-order chi connectivity index (χ1) is 12.5. The predicted molar refractivity (Wildman–Crippen MR) is 102 cm³/mol. The van der Waals surface area contributed by atoms with Crippen LogP contribution in [0.25, 0.3) is 5.69 Å². The second kappa shape index (κ2) is 6.29. The van der Waals surface area contributed by atoms with Gasteiger partial charge in [-0.15, -0.1) is 0 Å². The predicted octanol–water partition coefficient (Wildman–Crippen LogP) is 4.27. The van der Waals surface area contributed by atoms with Crippen molar-refractivity contribution in [2.45, 2.75) is 32.1 Å². The van der Waals surface area contributed by atoms with E-state index >= 15 is 0 Å². The molecule has 0 atom stereocenters. The second-order valence-corrected chi connectivity index (χ2v) is 7.04. The molecule has 3 aromatic rings. The minimum atomic E-state index is -0.321. The SMILES string of the molecule is Cc1ccc(-n2nc(C3(C)CC3)cc2NC(=O)Nc2cccnc2)cc1. The van der Waals surface area contributed by atoms with Crippen LogP contribution < -0.4 is 10.6 Å². The van der Waals surface area contributed by atoms with Crippen LogP contribution in [0.3, 0.4) is 0 Å². The number of urea groups is 1. The van der Waals surface area contributed by atoms with Crippen LogP contribution in [0.1, 0.15) is 31.0 Å². The Morgan fingerprint density at radius 1 is 1.15 bits per heavy atom. The molecule has 26 heavy (non-hydrogen) atoms. The third-order valence-electron chi connectivity index (χ3n) is 4.77. The normalized spacial score (nSPS) is 14.7. The monoisotopic (exact) mass is 347 g/mol. The van der Waals surface area contributed by atoms with E-state index in [1.165, 1.54) is 5.56 Å². The van der Waals surface area contributed by atoms with Crippen molar-refractivity contribution in [1.29, 1.82) is 0 Å². The maximum Gasteiger partial charge on any atom is 0.324 e.